The number of rotatable bonds is 5. The molecule has 0 aromatic rings. The molecule has 0 spiro atoms. The van der Waals surface area contributed by atoms with Crippen molar-refractivity contribution >= 4 is 23.8 Å². The van der Waals surface area contributed by atoms with Gasteiger partial charge in [-0.25, -0.2) is 4.79 Å². The maximum absolute atomic E-state index is 11.0. The first-order valence-corrected chi connectivity index (χ1v) is 4.47. The van der Waals surface area contributed by atoms with E-state index < -0.39 is 23.8 Å². The summed E-state index contributed by atoms with van der Waals surface area (Å²) in [5.74, 6) is -2.18. The minimum Gasteiger partial charge on any atom is -0.370 e. The highest BCUT2D eigenvalue weighted by molar-refractivity contribution is 6.44. The molecule has 0 unspecified atom stereocenters. The number of carbonyl (C=O) groups is 4. The van der Waals surface area contributed by atoms with Gasteiger partial charge in [-0.2, -0.15) is 0 Å². The molecule has 3 N–H and O–H groups in total. The second kappa shape index (κ2) is 4.54. The van der Waals surface area contributed by atoms with Crippen LogP contribution < -0.4 is 11.1 Å². The molecule has 1 fully saturated rings. The largest absolute Gasteiger partial charge is 0.370 e. The fourth-order valence-electron chi connectivity index (χ4n) is 1.21. The molecule has 0 bridgehead atoms. The maximum Gasteiger partial charge on any atom is 0.331 e. The smallest absolute Gasteiger partial charge is 0.331 e. The highest BCUT2D eigenvalue weighted by Gasteiger charge is 2.35. The van der Waals surface area contributed by atoms with Crippen LogP contribution in [0.3, 0.4) is 0 Å². The van der Waals surface area contributed by atoms with Crippen molar-refractivity contribution in [2.75, 3.05) is 6.54 Å². The minimum atomic E-state index is -0.907. The molecule has 1 heterocycles. The van der Waals surface area contributed by atoms with Crippen LogP contribution in [0.15, 0.2) is 0 Å². The number of amides is 5. The highest BCUT2D eigenvalue weighted by atomic mass is 16.2. The van der Waals surface area contributed by atoms with Crippen LogP contribution in [-0.4, -0.2) is 35.2 Å². The number of hydrogen-bond acceptors (Lipinski definition) is 4. The Bertz CT molecular complexity index is 326. The first-order valence-electron chi connectivity index (χ1n) is 4.47. The second-order valence-electron chi connectivity index (χ2n) is 3.14. The number of urea groups is 1. The Hall–Kier alpha value is -1.92. The number of hydrogen-bond donors (Lipinski definition) is 2. The van der Waals surface area contributed by atoms with E-state index >= 15 is 0 Å². The van der Waals surface area contributed by atoms with Gasteiger partial charge in [-0.15, -0.1) is 0 Å². The molecule has 0 atom stereocenters. The van der Waals surface area contributed by atoms with Crippen molar-refractivity contribution in [2.45, 2.75) is 19.3 Å². The number of imide groups is 2. The van der Waals surface area contributed by atoms with Crippen LogP contribution in [0, 0.1) is 0 Å². The first-order chi connectivity index (χ1) is 7.02. The van der Waals surface area contributed by atoms with E-state index in [-0.39, 0.29) is 13.0 Å². The quantitative estimate of drug-likeness (QED) is 0.336. The Morgan fingerprint density at radius 2 is 1.93 bits per heavy atom. The van der Waals surface area contributed by atoms with Gasteiger partial charge in [0.1, 0.15) is 0 Å². The number of nitrogens with two attached hydrogens (primary N) is 1. The lowest BCUT2D eigenvalue weighted by atomic mass is 10.2. The van der Waals surface area contributed by atoms with Crippen LogP contribution in [-0.2, 0) is 14.4 Å². The lowest BCUT2D eigenvalue weighted by Gasteiger charge is -2.09. The molecule has 82 valence electrons. The van der Waals surface area contributed by atoms with Gasteiger partial charge in [-0.1, -0.05) is 0 Å². The van der Waals surface area contributed by atoms with Crippen LogP contribution in [0.1, 0.15) is 19.3 Å². The Kier molecular flexibility index (Phi) is 3.37. The SMILES string of the molecule is NC(=O)CCCCN1C(=O)NC(=O)C1=O. The van der Waals surface area contributed by atoms with Crippen LogP contribution in [0.5, 0.6) is 0 Å². The van der Waals surface area contributed by atoms with Crippen molar-refractivity contribution in [2.24, 2.45) is 5.73 Å². The molecule has 0 aromatic heterocycles. The van der Waals surface area contributed by atoms with Crippen LogP contribution in [0.25, 0.3) is 0 Å². The van der Waals surface area contributed by atoms with E-state index in [4.69, 9.17) is 5.73 Å². The zero-order chi connectivity index (χ0) is 11.4. The Labute approximate surface area is 85.6 Å². The summed E-state index contributed by atoms with van der Waals surface area (Å²) in [7, 11) is 0. The fourth-order valence-corrected chi connectivity index (χ4v) is 1.21. The molecular weight excluding hydrogens is 202 g/mol. The van der Waals surface area contributed by atoms with E-state index in [9.17, 15) is 19.2 Å². The van der Waals surface area contributed by atoms with Crippen molar-refractivity contribution in [3.05, 3.63) is 0 Å². The molecule has 0 aromatic carbocycles. The van der Waals surface area contributed by atoms with E-state index in [1.165, 1.54) is 0 Å². The molecule has 1 aliphatic rings. The topological polar surface area (TPSA) is 110 Å². The van der Waals surface area contributed by atoms with Crippen LogP contribution >= 0.6 is 0 Å². The second-order valence-corrected chi connectivity index (χ2v) is 3.14. The summed E-state index contributed by atoms with van der Waals surface area (Å²) in [5, 5.41) is 1.87. The molecule has 0 aliphatic carbocycles. The molecule has 1 aliphatic heterocycles. The summed E-state index contributed by atoms with van der Waals surface area (Å²) in [6.07, 6.45) is 1.15. The Balaban J connectivity index is 2.33. The average Bonchev–Trinajstić information content (AvgIpc) is 2.37. The lowest BCUT2D eigenvalue weighted by Crippen LogP contribution is -2.32. The van der Waals surface area contributed by atoms with E-state index in [1.807, 2.05) is 5.32 Å². The van der Waals surface area contributed by atoms with Gasteiger partial charge < -0.3 is 5.73 Å². The van der Waals surface area contributed by atoms with Gasteiger partial charge >= 0.3 is 17.8 Å². The summed E-state index contributed by atoms with van der Waals surface area (Å²) >= 11 is 0. The van der Waals surface area contributed by atoms with Crippen molar-refractivity contribution in [1.82, 2.24) is 10.2 Å². The van der Waals surface area contributed by atoms with E-state index in [0.717, 1.165) is 4.90 Å². The fraction of sp³-hybridized carbons (Fsp3) is 0.500. The molecule has 7 nitrogen and oxygen atoms in total. The van der Waals surface area contributed by atoms with E-state index in [0.29, 0.717) is 12.8 Å². The standard InChI is InChI=1S/C8H11N3O4/c9-5(12)3-1-2-4-11-7(14)6(13)10-8(11)15/h1-4H2,(H2,9,12)(H,10,13,15). The van der Waals surface area contributed by atoms with Crippen molar-refractivity contribution in [3.63, 3.8) is 0 Å². The predicted molar refractivity (Wildman–Crippen MR) is 48.3 cm³/mol. The monoisotopic (exact) mass is 213 g/mol. The third-order valence-electron chi connectivity index (χ3n) is 1.96. The van der Waals surface area contributed by atoms with Gasteiger partial charge in [-0.3, -0.25) is 24.6 Å². The van der Waals surface area contributed by atoms with Crippen molar-refractivity contribution in [3.8, 4) is 0 Å². The third kappa shape index (κ3) is 2.76. The van der Waals surface area contributed by atoms with Gasteiger partial charge in [-0.05, 0) is 12.8 Å². The molecular formula is C8H11N3O4. The number of primary amides is 1. The molecule has 0 saturated carbocycles. The normalized spacial score (nSPS) is 15.7. The van der Waals surface area contributed by atoms with Gasteiger partial charge in [0.2, 0.25) is 5.91 Å². The molecule has 1 saturated heterocycles. The maximum atomic E-state index is 11.0. The Morgan fingerprint density at radius 1 is 1.27 bits per heavy atom. The molecule has 7 heteroatoms. The number of nitrogens with one attached hydrogen (secondary N) is 1. The number of unbranched alkanes of at least 4 members (excludes halogenated alkanes) is 1. The molecule has 0 radical (unpaired) electrons. The molecule has 5 amide bonds. The summed E-state index contributed by atoms with van der Waals surface area (Å²) in [5.41, 5.74) is 4.91. The van der Waals surface area contributed by atoms with E-state index in [2.05, 4.69) is 0 Å². The van der Waals surface area contributed by atoms with E-state index in [1.54, 1.807) is 0 Å². The highest BCUT2D eigenvalue weighted by Crippen LogP contribution is 2.04. The molecule has 1 rings (SSSR count). The zero-order valence-electron chi connectivity index (χ0n) is 7.99. The summed E-state index contributed by atoms with van der Waals surface area (Å²) in [6, 6.07) is -0.705. The van der Waals surface area contributed by atoms with Crippen LogP contribution in [0.4, 0.5) is 4.79 Å². The third-order valence-corrected chi connectivity index (χ3v) is 1.96. The number of carbonyl (C=O) groups excluding carboxylic acids is 4. The average molecular weight is 213 g/mol. The van der Waals surface area contributed by atoms with Crippen LogP contribution in [0.2, 0.25) is 0 Å². The summed E-state index contributed by atoms with van der Waals surface area (Å²) in [6.45, 7) is 0.129. The minimum absolute atomic E-state index is 0.129. The van der Waals surface area contributed by atoms with Gasteiger partial charge in [0, 0.05) is 13.0 Å². The zero-order valence-corrected chi connectivity index (χ0v) is 7.99. The predicted octanol–water partition coefficient (Wildman–Crippen LogP) is -1.28. The Morgan fingerprint density at radius 3 is 2.40 bits per heavy atom. The summed E-state index contributed by atoms with van der Waals surface area (Å²) in [4.78, 5) is 44.0. The molecule has 15 heavy (non-hydrogen) atoms. The van der Waals surface area contributed by atoms with Gasteiger partial charge in [0.05, 0.1) is 0 Å². The number of nitrogens with zero attached hydrogens (tertiary/aromatic N) is 1. The van der Waals surface area contributed by atoms with Gasteiger partial charge in [0.25, 0.3) is 0 Å². The summed E-state index contributed by atoms with van der Waals surface area (Å²) < 4.78 is 0. The van der Waals surface area contributed by atoms with Gasteiger partial charge in [0.15, 0.2) is 0 Å². The first kappa shape index (κ1) is 11.2. The lowest BCUT2D eigenvalue weighted by molar-refractivity contribution is -0.140. The van der Waals surface area contributed by atoms with Crippen molar-refractivity contribution in [1.29, 1.82) is 0 Å². The van der Waals surface area contributed by atoms with Crippen molar-refractivity contribution < 1.29 is 19.2 Å².